The molecule has 2 heterocycles. The number of nitrogen functional groups attached to an aromatic ring is 1. The quantitative estimate of drug-likeness (QED) is 0.609. The van der Waals surface area contributed by atoms with Gasteiger partial charge in [-0.1, -0.05) is 5.16 Å². The lowest BCUT2D eigenvalue weighted by molar-refractivity contribution is 0.394. The number of nitrogens with zero attached hydrogens (tertiary/aromatic N) is 1. The van der Waals surface area contributed by atoms with Gasteiger partial charge in [-0.05, 0) is 26.3 Å². The van der Waals surface area contributed by atoms with Crippen LogP contribution >= 0.6 is 0 Å². The fourth-order valence-electron chi connectivity index (χ4n) is 1.89. The zero-order chi connectivity index (χ0) is 10.2. The minimum atomic E-state index is -0.190. The standard InChI is InChI=1S/C9H16N4O/c1-6-7(8(10)13-14-6)4-9(11)2-3-12-5-9/h12H,2-5,11H2,1H3,(H2,10,13)/t9-/m0/s1. The van der Waals surface area contributed by atoms with Gasteiger partial charge in [-0.25, -0.2) is 0 Å². The Bertz CT molecular complexity index is 308. The van der Waals surface area contributed by atoms with Crippen LogP contribution < -0.4 is 16.8 Å². The van der Waals surface area contributed by atoms with E-state index in [1.807, 2.05) is 6.92 Å². The first-order valence-electron chi connectivity index (χ1n) is 4.81. The van der Waals surface area contributed by atoms with E-state index in [2.05, 4.69) is 10.5 Å². The lowest BCUT2D eigenvalue weighted by Gasteiger charge is -2.21. The lowest BCUT2D eigenvalue weighted by Crippen LogP contribution is -2.44. The Morgan fingerprint density at radius 1 is 1.64 bits per heavy atom. The molecule has 1 saturated heterocycles. The van der Waals surface area contributed by atoms with Crippen molar-refractivity contribution in [1.82, 2.24) is 10.5 Å². The molecule has 1 atom stereocenters. The molecule has 5 N–H and O–H groups in total. The molecule has 0 amide bonds. The molecule has 5 heteroatoms. The molecule has 78 valence electrons. The molecule has 1 aromatic heterocycles. The van der Waals surface area contributed by atoms with Crippen molar-refractivity contribution >= 4 is 5.82 Å². The third-order valence-electron chi connectivity index (χ3n) is 2.82. The van der Waals surface area contributed by atoms with Gasteiger partial charge in [-0.15, -0.1) is 0 Å². The van der Waals surface area contributed by atoms with E-state index in [4.69, 9.17) is 16.0 Å². The number of hydrogen-bond donors (Lipinski definition) is 3. The molecule has 5 nitrogen and oxygen atoms in total. The second-order valence-corrected chi connectivity index (χ2v) is 4.07. The summed E-state index contributed by atoms with van der Waals surface area (Å²) in [6.07, 6.45) is 1.71. The van der Waals surface area contributed by atoms with E-state index in [9.17, 15) is 0 Å². The SMILES string of the molecule is Cc1onc(N)c1C[C@@]1(N)CCNC1. The first-order chi connectivity index (χ1) is 6.61. The van der Waals surface area contributed by atoms with Crippen LogP contribution in [0.25, 0.3) is 0 Å². The zero-order valence-electron chi connectivity index (χ0n) is 8.34. The van der Waals surface area contributed by atoms with Gasteiger partial charge in [0.25, 0.3) is 0 Å². The maximum atomic E-state index is 6.20. The Hall–Kier alpha value is -1.07. The molecule has 0 saturated carbocycles. The first-order valence-corrected chi connectivity index (χ1v) is 4.81. The van der Waals surface area contributed by atoms with E-state index in [1.54, 1.807) is 0 Å². The van der Waals surface area contributed by atoms with Crippen molar-refractivity contribution in [2.24, 2.45) is 5.73 Å². The fraction of sp³-hybridized carbons (Fsp3) is 0.667. The summed E-state index contributed by atoms with van der Waals surface area (Å²) in [4.78, 5) is 0. The highest BCUT2D eigenvalue weighted by atomic mass is 16.5. The van der Waals surface area contributed by atoms with Crippen molar-refractivity contribution in [1.29, 1.82) is 0 Å². The summed E-state index contributed by atoms with van der Waals surface area (Å²) in [6.45, 7) is 3.67. The summed E-state index contributed by atoms with van der Waals surface area (Å²) in [6, 6.07) is 0. The predicted molar refractivity (Wildman–Crippen MR) is 53.8 cm³/mol. The van der Waals surface area contributed by atoms with E-state index >= 15 is 0 Å². The minimum Gasteiger partial charge on any atom is -0.381 e. The minimum absolute atomic E-state index is 0.190. The highest BCUT2D eigenvalue weighted by Gasteiger charge is 2.31. The largest absolute Gasteiger partial charge is 0.381 e. The Morgan fingerprint density at radius 3 is 2.93 bits per heavy atom. The molecule has 1 aromatic rings. The summed E-state index contributed by atoms with van der Waals surface area (Å²) < 4.78 is 5.00. The molecule has 1 fully saturated rings. The van der Waals surface area contributed by atoms with Crippen molar-refractivity contribution in [3.63, 3.8) is 0 Å². The first kappa shape index (κ1) is 9.48. The van der Waals surface area contributed by atoms with E-state index in [1.165, 1.54) is 0 Å². The van der Waals surface area contributed by atoms with Crippen LogP contribution in [0.4, 0.5) is 5.82 Å². The average Bonchev–Trinajstić information content (AvgIpc) is 2.68. The monoisotopic (exact) mass is 196 g/mol. The summed E-state index contributed by atoms with van der Waals surface area (Å²) in [5.74, 6) is 1.25. The maximum absolute atomic E-state index is 6.20. The van der Waals surface area contributed by atoms with Crippen LogP contribution in [0.1, 0.15) is 17.7 Å². The Kier molecular flexibility index (Phi) is 2.20. The van der Waals surface area contributed by atoms with Crippen LogP contribution in [0.15, 0.2) is 4.52 Å². The predicted octanol–water partition coefficient (Wildman–Crippen LogP) is -0.201. The molecule has 1 aliphatic rings. The highest BCUT2D eigenvalue weighted by molar-refractivity contribution is 5.41. The van der Waals surface area contributed by atoms with Crippen molar-refractivity contribution in [3.05, 3.63) is 11.3 Å². The van der Waals surface area contributed by atoms with E-state index in [0.717, 1.165) is 37.3 Å². The smallest absolute Gasteiger partial charge is 0.170 e. The summed E-state index contributed by atoms with van der Waals surface area (Å²) in [5, 5.41) is 6.96. The van der Waals surface area contributed by atoms with Gasteiger partial charge in [-0.2, -0.15) is 0 Å². The van der Waals surface area contributed by atoms with Gasteiger partial charge in [-0.3, -0.25) is 0 Å². The summed E-state index contributed by atoms with van der Waals surface area (Å²) in [5.41, 5.74) is 12.7. The van der Waals surface area contributed by atoms with Gasteiger partial charge in [0.1, 0.15) is 5.76 Å². The maximum Gasteiger partial charge on any atom is 0.170 e. The molecule has 0 unspecified atom stereocenters. The van der Waals surface area contributed by atoms with Crippen molar-refractivity contribution in [3.8, 4) is 0 Å². The fourth-order valence-corrected chi connectivity index (χ4v) is 1.89. The van der Waals surface area contributed by atoms with Crippen molar-refractivity contribution in [2.75, 3.05) is 18.8 Å². The van der Waals surface area contributed by atoms with E-state index < -0.39 is 0 Å². The van der Waals surface area contributed by atoms with Gasteiger partial charge in [0.2, 0.25) is 0 Å². The topological polar surface area (TPSA) is 90.1 Å². The van der Waals surface area contributed by atoms with Crippen LogP contribution in [0.2, 0.25) is 0 Å². The average molecular weight is 196 g/mol. The van der Waals surface area contributed by atoms with Crippen LogP contribution in [0.3, 0.4) is 0 Å². The van der Waals surface area contributed by atoms with Crippen LogP contribution in [0, 0.1) is 6.92 Å². The molecule has 0 bridgehead atoms. The number of aromatic nitrogens is 1. The normalized spacial score (nSPS) is 27.0. The summed E-state index contributed by atoms with van der Waals surface area (Å²) in [7, 11) is 0. The van der Waals surface area contributed by atoms with Gasteiger partial charge >= 0.3 is 0 Å². The lowest BCUT2D eigenvalue weighted by atomic mass is 9.91. The highest BCUT2D eigenvalue weighted by Crippen LogP contribution is 2.23. The van der Waals surface area contributed by atoms with Gasteiger partial charge in [0.05, 0.1) is 0 Å². The molecular weight excluding hydrogens is 180 g/mol. The number of hydrogen-bond acceptors (Lipinski definition) is 5. The number of aryl methyl sites for hydroxylation is 1. The molecule has 1 aliphatic heterocycles. The number of nitrogens with one attached hydrogen (secondary N) is 1. The Labute approximate surface area is 82.8 Å². The number of anilines is 1. The molecular formula is C9H16N4O. The third kappa shape index (κ3) is 1.60. The van der Waals surface area contributed by atoms with Crippen molar-refractivity contribution < 1.29 is 4.52 Å². The number of rotatable bonds is 2. The van der Waals surface area contributed by atoms with Gasteiger partial charge in [0.15, 0.2) is 5.82 Å². The molecule has 2 rings (SSSR count). The van der Waals surface area contributed by atoms with Crippen LogP contribution in [-0.4, -0.2) is 23.8 Å². The number of nitrogens with two attached hydrogens (primary N) is 2. The molecule has 0 aliphatic carbocycles. The molecule has 14 heavy (non-hydrogen) atoms. The van der Waals surface area contributed by atoms with Crippen LogP contribution in [0.5, 0.6) is 0 Å². The van der Waals surface area contributed by atoms with Crippen LogP contribution in [-0.2, 0) is 6.42 Å². The summed E-state index contributed by atoms with van der Waals surface area (Å²) >= 11 is 0. The van der Waals surface area contributed by atoms with E-state index in [0.29, 0.717) is 5.82 Å². The molecule has 0 aromatic carbocycles. The second kappa shape index (κ2) is 3.25. The third-order valence-corrected chi connectivity index (χ3v) is 2.82. The Morgan fingerprint density at radius 2 is 2.43 bits per heavy atom. The van der Waals surface area contributed by atoms with Gasteiger partial charge in [0, 0.05) is 17.6 Å². The van der Waals surface area contributed by atoms with Crippen molar-refractivity contribution in [2.45, 2.75) is 25.3 Å². The molecule has 0 radical (unpaired) electrons. The molecule has 0 spiro atoms. The second-order valence-electron chi connectivity index (χ2n) is 4.07. The van der Waals surface area contributed by atoms with E-state index in [-0.39, 0.29) is 5.54 Å². The van der Waals surface area contributed by atoms with Gasteiger partial charge < -0.3 is 21.3 Å². The Balaban J connectivity index is 2.17. The zero-order valence-corrected chi connectivity index (χ0v) is 8.34.